The third-order valence-corrected chi connectivity index (χ3v) is 3.31. The Balaban J connectivity index is 2.69. The third kappa shape index (κ3) is 1.76. The molecule has 0 amide bonds. The number of nitriles is 1. The molecule has 0 aliphatic carbocycles. The number of rotatable bonds is 3. The minimum Gasteiger partial charge on any atom is -0.495 e. The molecule has 2 rings (SSSR count). The van der Waals surface area contributed by atoms with Gasteiger partial charge in [-0.3, -0.25) is 0 Å². The first-order chi connectivity index (χ1) is 8.20. The number of para-hydroxylation sites is 1. The summed E-state index contributed by atoms with van der Waals surface area (Å²) in [5.41, 5.74) is 3.57. The second-order valence-electron chi connectivity index (χ2n) is 4.14. The van der Waals surface area contributed by atoms with Crippen molar-refractivity contribution < 1.29 is 4.74 Å². The van der Waals surface area contributed by atoms with E-state index < -0.39 is 0 Å². The molecule has 1 aromatic carbocycles. The maximum Gasteiger partial charge on any atom is 0.143 e. The van der Waals surface area contributed by atoms with Gasteiger partial charge in [0, 0.05) is 24.5 Å². The van der Waals surface area contributed by atoms with E-state index in [9.17, 15) is 0 Å². The number of hydrogen-bond acceptors (Lipinski definition) is 2. The highest BCUT2D eigenvalue weighted by Gasteiger charge is 2.14. The van der Waals surface area contributed by atoms with E-state index >= 15 is 0 Å². The Labute approximate surface area is 101 Å². The van der Waals surface area contributed by atoms with E-state index in [1.165, 1.54) is 16.6 Å². The monoisotopic (exact) mass is 228 g/mol. The van der Waals surface area contributed by atoms with Crippen LogP contribution in [0.2, 0.25) is 0 Å². The second kappa shape index (κ2) is 4.50. The van der Waals surface area contributed by atoms with Crippen molar-refractivity contribution in [3.63, 3.8) is 0 Å². The summed E-state index contributed by atoms with van der Waals surface area (Å²) in [7, 11) is 3.72. The molecule has 0 saturated carbocycles. The van der Waals surface area contributed by atoms with Gasteiger partial charge in [0.05, 0.1) is 18.7 Å². The van der Waals surface area contributed by atoms with E-state index in [0.717, 1.165) is 17.7 Å². The molecule has 2 aromatic rings. The van der Waals surface area contributed by atoms with Gasteiger partial charge in [-0.25, -0.2) is 0 Å². The standard InChI is InChI=1S/C14H16N2O/c1-10-11(7-5-9-15)12-6-4-8-13(17-3)14(12)16(10)2/h4,6,8H,5,7H2,1-3H3. The van der Waals surface area contributed by atoms with Crippen LogP contribution in [0.15, 0.2) is 18.2 Å². The van der Waals surface area contributed by atoms with Crippen LogP contribution in [-0.2, 0) is 13.5 Å². The van der Waals surface area contributed by atoms with Crippen molar-refractivity contribution in [1.82, 2.24) is 4.57 Å². The molecule has 0 bridgehead atoms. The predicted molar refractivity (Wildman–Crippen MR) is 68.1 cm³/mol. The zero-order valence-corrected chi connectivity index (χ0v) is 10.4. The number of benzene rings is 1. The van der Waals surface area contributed by atoms with Gasteiger partial charge in [-0.05, 0) is 25.0 Å². The van der Waals surface area contributed by atoms with Crippen molar-refractivity contribution >= 4 is 10.9 Å². The molecule has 1 aromatic heterocycles. The molecule has 0 saturated heterocycles. The van der Waals surface area contributed by atoms with E-state index in [2.05, 4.69) is 23.6 Å². The number of methoxy groups -OCH3 is 1. The van der Waals surface area contributed by atoms with Crippen LogP contribution in [-0.4, -0.2) is 11.7 Å². The molecule has 0 aliphatic heterocycles. The van der Waals surface area contributed by atoms with Gasteiger partial charge in [-0.15, -0.1) is 0 Å². The molecule has 3 nitrogen and oxygen atoms in total. The number of nitrogens with zero attached hydrogens (tertiary/aromatic N) is 2. The van der Waals surface area contributed by atoms with Crippen molar-refractivity contribution in [3.05, 3.63) is 29.5 Å². The first kappa shape index (κ1) is 11.5. The summed E-state index contributed by atoms with van der Waals surface area (Å²) in [4.78, 5) is 0. The quantitative estimate of drug-likeness (QED) is 0.810. The summed E-state index contributed by atoms with van der Waals surface area (Å²) in [6.45, 7) is 2.09. The predicted octanol–water partition coefficient (Wildman–Crippen LogP) is 2.95. The topological polar surface area (TPSA) is 37.9 Å². The molecule has 88 valence electrons. The summed E-state index contributed by atoms with van der Waals surface area (Å²) in [5.74, 6) is 0.885. The van der Waals surface area contributed by atoms with Crippen LogP contribution in [0.1, 0.15) is 17.7 Å². The molecule has 0 atom stereocenters. The van der Waals surface area contributed by atoms with E-state index in [-0.39, 0.29) is 0 Å². The summed E-state index contributed by atoms with van der Waals surface area (Å²) >= 11 is 0. The van der Waals surface area contributed by atoms with Gasteiger partial charge >= 0.3 is 0 Å². The Morgan fingerprint density at radius 2 is 2.18 bits per heavy atom. The Morgan fingerprint density at radius 3 is 2.82 bits per heavy atom. The number of aromatic nitrogens is 1. The Hall–Kier alpha value is -1.95. The third-order valence-electron chi connectivity index (χ3n) is 3.31. The minimum absolute atomic E-state index is 0.553. The van der Waals surface area contributed by atoms with Gasteiger partial charge in [0.15, 0.2) is 0 Å². The fourth-order valence-electron chi connectivity index (χ4n) is 2.34. The van der Waals surface area contributed by atoms with Crippen LogP contribution < -0.4 is 4.74 Å². The van der Waals surface area contributed by atoms with Crippen LogP contribution in [0.25, 0.3) is 10.9 Å². The average Bonchev–Trinajstić information content (AvgIpc) is 2.60. The molecular formula is C14H16N2O. The fraction of sp³-hybridized carbons (Fsp3) is 0.357. The van der Waals surface area contributed by atoms with E-state index in [0.29, 0.717) is 6.42 Å². The lowest BCUT2D eigenvalue weighted by atomic mass is 10.1. The largest absolute Gasteiger partial charge is 0.495 e. The maximum absolute atomic E-state index is 8.72. The zero-order chi connectivity index (χ0) is 12.4. The summed E-state index contributed by atoms with van der Waals surface area (Å²) in [6.07, 6.45) is 1.35. The van der Waals surface area contributed by atoms with Crippen LogP contribution >= 0.6 is 0 Å². The lowest BCUT2D eigenvalue weighted by Crippen LogP contribution is -1.94. The highest BCUT2D eigenvalue weighted by Crippen LogP contribution is 2.32. The van der Waals surface area contributed by atoms with Gasteiger partial charge in [0.1, 0.15) is 5.75 Å². The molecule has 0 unspecified atom stereocenters. The molecule has 0 spiro atoms. The lowest BCUT2D eigenvalue weighted by molar-refractivity contribution is 0.418. The minimum atomic E-state index is 0.553. The molecule has 0 N–H and O–H groups in total. The summed E-state index contributed by atoms with van der Waals surface area (Å²) in [5, 5.41) is 9.91. The first-order valence-electron chi connectivity index (χ1n) is 5.68. The number of aryl methyl sites for hydroxylation is 2. The van der Waals surface area contributed by atoms with Gasteiger partial charge in [0.25, 0.3) is 0 Å². The average molecular weight is 228 g/mol. The van der Waals surface area contributed by atoms with Crippen LogP contribution in [0.3, 0.4) is 0 Å². The normalized spacial score (nSPS) is 10.5. The summed E-state index contributed by atoms with van der Waals surface area (Å²) < 4.78 is 7.54. The smallest absolute Gasteiger partial charge is 0.143 e. The number of fused-ring (bicyclic) bond motifs is 1. The highest BCUT2D eigenvalue weighted by molar-refractivity contribution is 5.90. The van der Waals surface area contributed by atoms with E-state index in [1.54, 1.807) is 7.11 Å². The Kier molecular flexibility index (Phi) is 3.06. The van der Waals surface area contributed by atoms with Gasteiger partial charge < -0.3 is 9.30 Å². The Bertz CT molecular complexity index is 590. The molecule has 0 aliphatic rings. The maximum atomic E-state index is 8.72. The van der Waals surface area contributed by atoms with Gasteiger partial charge in [-0.2, -0.15) is 5.26 Å². The molecular weight excluding hydrogens is 212 g/mol. The van der Waals surface area contributed by atoms with Crippen LogP contribution in [0.4, 0.5) is 0 Å². The molecule has 17 heavy (non-hydrogen) atoms. The van der Waals surface area contributed by atoms with Crippen molar-refractivity contribution in [3.8, 4) is 11.8 Å². The van der Waals surface area contributed by atoms with E-state index in [1.807, 2.05) is 19.2 Å². The number of ether oxygens (including phenoxy) is 1. The van der Waals surface area contributed by atoms with E-state index in [4.69, 9.17) is 10.00 Å². The summed E-state index contributed by atoms with van der Waals surface area (Å²) in [6, 6.07) is 8.26. The first-order valence-corrected chi connectivity index (χ1v) is 5.68. The fourth-order valence-corrected chi connectivity index (χ4v) is 2.34. The van der Waals surface area contributed by atoms with Crippen molar-refractivity contribution in [1.29, 1.82) is 5.26 Å². The van der Waals surface area contributed by atoms with Crippen LogP contribution in [0.5, 0.6) is 5.75 Å². The second-order valence-corrected chi connectivity index (χ2v) is 4.14. The molecule has 0 radical (unpaired) electrons. The molecule has 1 heterocycles. The SMILES string of the molecule is COc1cccc2c(CCC#N)c(C)n(C)c12. The molecule has 0 fully saturated rings. The van der Waals surface area contributed by atoms with Gasteiger partial charge in [-0.1, -0.05) is 12.1 Å². The van der Waals surface area contributed by atoms with Crippen molar-refractivity contribution in [2.75, 3.05) is 7.11 Å². The zero-order valence-electron chi connectivity index (χ0n) is 10.4. The molecule has 3 heteroatoms. The number of hydrogen-bond donors (Lipinski definition) is 0. The van der Waals surface area contributed by atoms with Crippen molar-refractivity contribution in [2.45, 2.75) is 19.8 Å². The lowest BCUT2D eigenvalue weighted by Gasteiger charge is -2.04. The highest BCUT2D eigenvalue weighted by atomic mass is 16.5. The van der Waals surface area contributed by atoms with Crippen LogP contribution in [0, 0.1) is 18.3 Å². The van der Waals surface area contributed by atoms with Gasteiger partial charge in [0.2, 0.25) is 0 Å². The Morgan fingerprint density at radius 1 is 1.41 bits per heavy atom. The van der Waals surface area contributed by atoms with Crippen molar-refractivity contribution in [2.24, 2.45) is 7.05 Å².